The molecule has 2 heteroatoms. The van der Waals surface area contributed by atoms with Gasteiger partial charge in [-0.3, -0.25) is 0 Å². The van der Waals surface area contributed by atoms with E-state index in [0.29, 0.717) is 0 Å². The molecule has 0 fully saturated rings. The van der Waals surface area contributed by atoms with Crippen LogP contribution in [0, 0.1) is 0 Å². The summed E-state index contributed by atoms with van der Waals surface area (Å²) in [6.07, 6.45) is 8.92. The summed E-state index contributed by atoms with van der Waals surface area (Å²) in [5, 5.41) is 4.87. The zero-order chi connectivity index (χ0) is 29.2. The highest BCUT2D eigenvalue weighted by molar-refractivity contribution is 7.98. The molecule has 1 heterocycles. The first-order valence-electron chi connectivity index (χ1n) is 15.4. The Kier molecular flexibility index (Phi) is 6.07. The molecule has 0 spiro atoms. The van der Waals surface area contributed by atoms with Gasteiger partial charge in [-0.25, -0.2) is 0 Å². The lowest BCUT2D eigenvalue weighted by Gasteiger charge is -2.40. The van der Waals surface area contributed by atoms with Gasteiger partial charge in [0.05, 0.1) is 0 Å². The molecule has 0 N–H and O–H groups in total. The first-order chi connectivity index (χ1) is 21.1. The predicted octanol–water partition coefficient (Wildman–Crippen LogP) is 11.2. The number of ether oxygens (including phenoxy) is 1. The topological polar surface area (TPSA) is 9.23 Å². The van der Waals surface area contributed by atoms with Crippen molar-refractivity contribution < 1.29 is 4.74 Å². The lowest BCUT2D eigenvalue weighted by atomic mass is 9.71. The fourth-order valence-corrected chi connectivity index (χ4v) is 8.36. The summed E-state index contributed by atoms with van der Waals surface area (Å²) in [7, 11) is 0. The van der Waals surface area contributed by atoms with Gasteiger partial charge in [-0.1, -0.05) is 123 Å². The summed E-state index contributed by atoms with van der Waals surface area (Å²) in [6.45, 7) is 4.69. The second-order valence-corrected chi connectivity index (χ2v) is 12.7. The van der Waals surface area contributed by atoms with E-state index in [1.165, 1.54) is 54.3 Å². The third kappa shape index (κ3) is 3.60. The van der Waals surface area contributed by atoms with Gasteiger partial charge in [-0.2, -0.15) is 0 Å². The number of benzene rings is 6. The second-order valence-electron chi connectivity index (χ2n) is 11.8. The molecule has 2 aliphatic rings. The van der Waals surface area contributed by atoms with E-state index in [-0.39, 0.29) is 5.41 Å². The van der Waals surface area contributed by atoms with E-state index in [4.69, 9.17) is 4.74 Å². The Morgan fingerprint density at radius 3 is 2.07 bits per heavy atom. The van der Waals surface area contributed by atoms with E-state index < -0.39 is 5.60 Å². The second kappa shape index (κ2) is 9.89. The van der Waals surface area contributed by atoms with E-state index in [1.807, 2.05) is 0 Å². The van der Waals surface area contributed by atoms with Crippen LogP contribution in [-0.4, -0.2) is 6.26 Å². The van der Waals surface area contributed by atoms with Crippen LogP contribution >= 0.6 is 11.8 Å². The normalized spacial score (nSPS) is 17.8. The summed E-state index contributed by atoms with van der Waals surface area (Å²) in [5.74, 6) is 0.984. The quantitative estimate of drug-likeness (QED) is 0.189. The Labute approximate surface area is 258 Å². The molecule has 210 valence electrons. The van der Waals surface area contributed by atoms with Gasteiger partial charge in [0.2, 0.25) is 0 Å². The maximum atomic E-state index is 7.60. The van der Waals surface area contributed by atoms with Crippen LogP contribution in [0.15, 0.2) is 126 Å². The average molecular weight is 575 g/mol. The van der Waals surface area contributed by atoms with Crippen molar-refractivity contribution in [3.63, 3.8) is 0 Å². The van der Waals surface area contributed by atoms with Gasteiger partial charge in [0.1, 0.15) is 5.75 Å². The summed E-state index contributed by atoms with van der Waals surface area (Å²) >= 11 is 1.77. The fourth-order valence-electron chi connectivity index (χ4n) is 7.95. The highest BCUT2D eigenvalue weighted by Gasteiger charge is 2.46. The zero-order valence-corrected chi connectivity index (χ0v) is 25.7. The Morgan fingerprint density at radius 2 is 1.30 bits per heavy atom. The van der Waals surface area contributed by atoms with Crippen molar-refractivity contribution >= 4 is 39.4 Å². The molecule has 0 aromatic heterocycles. The molecule has 0 amide bonds. The number of thioether (sulfide) groups is 1. The largest absolute Gasteiger partial charge is 0.472 e. The summed E-state index contributed by atoms with van der Waals surface area (Å²) < 4.78 is 7.60. The first-order valence-corrected chi connectivity index (χ1v) is 16.6. The SMILES string of the molecule is CCC1(CC)c2ccccc2-c2c1c1c(c3ccccc23)OC(c2ccc(SC)cc2)(c2cccc3ccccc23)C=C1. The minimum atomic E-state index is -0.783. The van der Waals surface area contributed by atoms with Crippen LogP contribution in [-0.2, 0) is 11.0 Å². The van der Waals surface area contributed by atoms with Crippen molar-refractivity contribution in [2.75, 3.05) is 6.26 Å². The zero-order valence-electron chi connectivity index (χ0n) is 24.9. The summed E-state index contributed by atoms with van der Waals surface area (Å²) in [6, 6.07) is 42.1. The molecule has 0 saturated heterocycles. The molecular weight excluding hydrogens is 541 g/mol. The highest BCUT2D eigenvalue weighted by Crippen LogP contribution is 2.60. The van der Waals surface area contributed by atoms with Gasteiger partial charge >= 0.3 is 0 Å². The third-order valence-corrected chi connectivity index (χ3v) is 10.8. The van der Waals surface area contributed by atoms with E-state index in [1.54, 1.807) is 11.8 Å². The van der Waals surface area contributed by atoms with E-state index in [9.17, 15) is 0 Å². The van der Waals surface area contributed by atoms with Crippen molar-refractivity contribution in [3.8, 4) is 16.9 Å². The van der Waals surface area contributed by atoms with Gasteiger partial charge in [0.25, 0.3) is 0 Å². The molecule has 1 atom stereocenters. The molecule has 0 saturated carbocycles. The van der Waals surface area contributed by atoms with Crippen molar-refractivity contribution in [2.45, 2.75) is 42.6 Å². The molecule has 43 heavy (non-hydrogen) atoms. The average Bonchev–Trinajstić information content (AvgIpc) is 3.39. The van der Waals surface area contributed by atoms with Crippen molar-refractivity contribution in [1.29, 1.82) is 0 Å². The van der Waals surface area contributed by atoms with Gasteiger partial charge in [-0.15, -0.1) is 11.8 Å². The van der Waals surface area contributed by atoms with E-state index in [2.05, 4.69) is 148 Å². The molecule has 6 aromatic carbocycles. The van der Waals surface area contributed by atoms with Crippen LogP contribution in [0.3, 0.4) is 0 Å². The molecule has 8 rings (SSSR count). The minimum Gasteiger partial charge on any atom is -0.472 e. The molecule has 1 aliphatic heterocycles. The van der Waals surface area contributed by atoms with Gasteiger partial charge in [-0.05, 0) is 75.7 Å². The summed E-state index contributed by atoms with van der Waals surface area (Å²) in [4.78, 5) is 1.24. The monoisotopic (exact) mass is 574 g/mol. The Hall–Kier alpha value is -4.27. The van der Waals surface area contributed by atoms with Crippen molar-refractivity contribution in [1.82, 2.24) is 0 Å². The van der Waals surface area contributed by atoms with E-state index >= 15 is 0 Å². The lowest BCUT2D eigenvalue weighted by molar-refractivity contribution is 0.164. The van der Waals surface area contributed by atoms with Crippen LogP contribution < -0.4 is 4.74 Å². The number of hydrogen-bond donors (Lipinski definition) is 0. The first kappa shape index (κ1) is 26.4. The van der Waals surface area contributed by atoms with Gasteiger partial charge < -0.3 is 4.74 Å². The minimum absolute atomic E-state index is 0.0623. The van der Waals surface area contributed by atoms with Crippen molar-refractivity contribution in [2.24, 2.45) is 0 Å². The van der Waals surface area contributed by atoms with Gasteiger partial charge in [0, 0.05) is 32.4 Å². The van der Waals surface area contributed by atoms with Crippen LogP contribution in [0.25, 0.3) is 38.7 Å². The molecule has 0 radical (unpaired) electrons. The Morgan fingerprint density at radius 1 is 0.651 bits per heavy atom. The van der Waals surface area contributed by atoms with Crippen LogP contribution in [0.1, 0.15) is 54.5 Å². The molecule has 1 unspecified atom stereocenters. The maximum absolute atomic E-state index is 7.60. The number of rotatable bonds is 5. The molecule has 1 aliphatic carbocycles. The van der Waals surface area contributed by atoms with Gasteiger partial charge in [0.15, 0.2) is 5.60 Å². The standard InChI is InChI=1S/C41H34OS/c1-4-40(5-2)35-19-11-10-18-33(35)37-31-16-8-9-17-32(31)39-34(38(37)40)25-26-41(42-39,28-21-23-29(43-3)24-22-28)36-20-12-14-27-13-6-7-15-30(27)36/h6-26H,4-5H2,1-3H3. The summed E-state index contributed by atoms with van der Waals surface area (Å²) in [5.41, 5.74) is 8.29. The predicted molar refractivity (Wildman–Crippen MR) is 183 cm³/mol. The smallest absolute Gasteiger partial charge is 0.178 e. The Balaban J connectivity index is 1.48. The molecule has 6 aromatic rings. The number of fused-ring (bicyclic) bond motifs is 9. The Bertz CT molecular complexity index is 2060. The molecule has 1 nitrogen and oxygen atoms in total. The maximum Gasteiger partial charge on any atom is 0.178 e. The third-order valence-electron chi connectivity index (χ3n) is 10.1. The fraction of sp³-hybridized carbons (Fsp3) is 0.171. The van der Waals surface area contributed by atoms with E-state index in [0.717, 1.165) is 29.7 Å². The molecular formula is C41H34OS. The van der Waals surface area contributed by atoms with Crippen LogP contribution in [0.4, 0.5) is 0 Å². The number of hydrogen-bond acceptors (Lipinski definition) is 2. The van der Waals surface area contributed by atoms with Crippen LogP contribution in [0.5, 0.6) is 5.75 Å². The lowest BCUT2D eigenvalue weighted by Crippen LogP contribution is -2.35. The highest BCUT2D eigenvalue weighted by atomic mass is 32.2. The molecule has 0 bridgehead atoms. The van der Waals surface area contributed by atoms with Crippen LogP contribution in [0.2, 0.25) is 0 Å². The van der Waals surface area contributed by atoms with Crippen molar-refractivity contribution in [3.05, 3.63) is 149 Å².